The van der Waals surface area contributed by atoms with E-state index in [1.165, 1.54) is 6.07 Å². The lowest BCUT2D eigenvalue weighted by Gasteiger charge is -2.10. The molecule has 0 aliphatic rings. The van der Waals surface area contributed by atoms with E-state index in [0.29, 0.717) is 11.1 Å². The minimum Gasteiger partial charge on any atom is -0.344 e. The van der Waals surface area contributed by atoms with E-state index in [2.05, 4.69) is 13.8 Å². The zero-order valence-electron chi connectivity index (χ0n) is 12.0. The van der Waals surface area contributed by atoms with Gasteiger partial charge < -0.3 is 4.57 Å². The maximum absolute atomic E-state index is 14.1. The van der Waals surface area contributed by atoms with Crippen LogP contribution < -0.4 is 0 Å². The van der Waals surface area contributed by atoms with Crippen molar-refractivity contribution >= 4 is 17.2 Å². The standard InChI is InChI=1S/C18H16FNO/c1-12(2)20-10-13(11-21)18-15(7-5-9-17(18)20)14-6-3-4-8-16(14)19/h3-12H,1-2H3. The first kappa shape index (κ1) is 13.6. The first-order valence-electron chi connectivity index (χ1n) is 6.97. The summed E-state index contributed by atoms with van der Waals surface area (Å²) in [7, 11) is 0. The van der Waals surface area contributed by atoms with Gasteiger partial charge in [0.15, 0.2) is 6.29 Å². The number of benzene rings is 2. The Kier molecular flexibility index (Phi) is 3.34. The lowest BCUT2D eigenvalue weighted by atomic mass is 9.99. The van der Waals surface area contributed by atoms with E-state index in [9.17, 15) is 9.18 Å². The molecule has 3 aromatic rings. The van der Waals surface area contributed by atoms with Crippen LogP contribution in [0.5, 0.6) is 0 Å². The maximum atomic E-state index is 14.1. The molecule has 0 aliphatic carbocycles. The molecule has 0 saturated heterocycles. The van der Waals surface area contributed by atoms with E-state index >= 15 is 0 Å². The van der Waals surface area contributed by atoms with Crippen LogP contribution in [0.4, 0.5) is 4.39 Å². The number of nitrogens with zero attached hydrogens (tertiary/aromatic N) is 1. The molecular weight excluding hydrogens is 265 g/mol. The molecule has 0 bridgehead atoms. The molecule has 2 nitrogen and oxygen atoms in total. The Morgan fingerprint density at radius 2 is 1.76 bits per heavy atom. The second-order valence-electron chi connectivity index (χ2n) is 5.38. The molecule has 0 saturated carbocycles. The smallest absolute Gasteiger partial charge is 0.152 e. The lowest BCUT2D eigenvalue weighted by molar-refractivity contribution is 0.112. The molecule has 3 heteroatoms. The highest BCUT2D eigenvalue weighted by Gasteiger charge is 2.16. The summed E-state index contributed by atoms with van der Waals surface area (Å²) in [6.45, 7) is 4.12. The second kappa shape index (κ2) is 5.17. The Balaban J connectivity index is 2.40. The van der Waals surface area contributed by atoms with E-state index in [1.54, 1.807) is 18.2 Å². The third-order valence-electron chi connectivity index (χ3n) is 3.73. The summed E-state index contributed by atoms with van der Waals surface area (Å²) >= 11 is 0. The molecule has 1 heterocycles. The van der Waals surface area contributed by atoms with Crippen LogP contribution in [0.3, 0.4) is 0 Å². The second-order valence-corrected chi connectivity index (χ2v) is 5.38. The number of fused-ring (bicyclic) bond motifs is 1. The number of aromatic nitrogens is 1. The van der Waals surface area contributed by atoms with Crippen molar-refractivity contribution in [2.75, 3.05) is 0 Å². The van der Waals surface area contributed by atoms with Crippen LogP contribution in [0, 0.1) is 5.82 Å². The zero-order valence-corrected chi connectivity index (χ0v) is 12.0. The monoisotopic (exact) mass is 281 g/mol. The average Bonchev–Trinajstić information content (AvgIpc) is 2.87. The minimum atomic E-state index is -0.279. The van der Waals surface area contributed by atoms with E-state index in [4.69, 9.17) is 0 Å². The van der Waals surface area contributed by atoms with Gasteiger partial charge in [-0.2, -0.15) is 0 Å². The topological polar surface area (TPSA) is 22.0 Å². The molecule has 21 heavy (non-hydrogen) atoms. The van der Waals surface area contributed by atoms with Gasteiger partial charge in [0.1, 0.15) is 5.82 Å². The van der Waals surface area contributed by atoms with Crippen molar-refractivity contribution in [2.45, 2.75) is 19.9 Å². The zero-order chi connectivity index (χ0) is 15.0. The number of rotatable bonds is 3. The van der Waals surface area contributed by atoms with Crippen LogP contribution >= 0.6 is 0 Å². The third-order valence-corrected chi connectivity index (χ3v) is 3.73. The summed E-state index contributed by atoms with van der Waals surface area (Å²) in [6.07, 6.45) is 2.68. The summed E-state index contributed by atoms with van der Waals surface area (Å²) in [5.41, 5.74) is 2.82. The Bertz CT molecular complexity index is 817. The molecule has 0 radical (unpaired) electrons. The molecule has 0 N–H and O–H groups in total. The van der Waals surface area contributed by atoms with Crippen LogP contribution in [-0.2, 0) is 0 Å². The van der Waals surface area contributed by atoms with Crippen LogP contribution in [0.1, 0.15) is 30.2 Å². The Hall–Kier alpha value is -2.42. The molecule has 0 unspecified atom stereocenters. The summed E-state index contributed by atoms with van der Waals surface area (Å²) < 4.78 is 16.2. The van der Waals surface area contributed by atoms with Gasteiger partial charge in [0, 0.05) is 34.3 Å². The molecule has 0 aliphatic heterocycles. The summed E-state index contributed by atoms with van der Waals surface area (Å²) in [6, 6.07) is 12.6. The van der Waals surface area contributed by atoms with Crippen LogP contribution in [0.2, 0.25) is 0 Å². The molecule has 1 aromatic heterocycles. The van der Waals surface area contributed by atoms with E-state index in [-0.39, 0.29) is 11.9 Å². The van der Waals surface area contributed by atoms with Gasteiger partial charge in [0.25, 0.3) is 0 Å². The van der Waals surface area contributed by atoms with Gasteiger partial charge >= 0.3 is 0 Å². The number of carbonyl (C=O) groups is 1. The fourth-order valence-corrected chi connectivity index (χ4v) is 2.76. The number of aldehydes is 1. The van der Waals surface area contributed by atoms with Crippen molar-refractivity contribution in [1.29, 1.82) is 0 Å². The van der Waals surface area contributed by atoms with E-state index < -0.39 is 0 Å². The maximum Gasteiger partial charge on any atom is 0.152 e. The van der Waals surface area contributed by atoms with Gasteiger partial charge in [0.05, 0.1) is 0 Å². The van der Waals surface area contributed by atoms with E-state index in [0.717, 1.165) is 22.8 Å². The highest BCUT2D eigenvalue weighted by Crippen LogP contribution is 2.34. The van der Waals surface area contributed by atoms with Gasteiger partial charge in [-0.1, -0.05) is 30.3 Å². The van der Waals surface area contributed by atoms with Crippen molar-refractivity contribution in [1.82, 2.24) is 4.57 Å². The number of halogens is 1. The molecule has 0 fully saturated rings. The SMILES string of the molecule is CC(C)n1cc(C=O)c2c(-c3ccccc3F)cccc21. The van der Waals surface area contributed by atoms with Gasteiger partial charge in [-0.05, 0) is 31.5 Å². The molecule has 0 amide bonds. The normalized spacial score (nSPS) is 11.2. The molecular formula is C18H16FNO. The van der Waals surface area contributed by atoms with Crippen molar-refractivity contribution < 1.29 is 9.18 Å². The summed E-state index contributed by atoms with van der Waals surface area (Å²) in [5, 5.41) is 0.811. The number of carbonyl (C=O) groups excluding carboxylic acids is 1. The lowest BCUT2D eigenvalue weighted by Crippen LogP contribution is -1.97. The van der Waals surface area contributed by atoms with Gasteiger partial charge in [0.2, 0.25) is 0 Å². The third kappa shape index (κ3) is 2.15. The Morgan fingerprint density at radius 3 is 2.43 bits per heavy atom. The molecule has 3 rings (SSSR count). The fraction of sp³-hybridized carbons (Fsp3) is 0.167. The van der Waals surface area contributed by atoms with Crippen LogP contribution in [-0.4, -0.2) is 10.9 Å². The van der Waals surface area contributed by atoms with E-state index in [1.807, 2.05) is 29.0 Å². The highest BCUT2D eigenvalue weighted by molar-refractivity contribution is 6.06. The predicted molar refractivity (Wildman–Crippen MR) is 83.1 cm³/mol. The molecule has 106 valence electrons. The number of hydrogen-bond acceptors (Lipinski definition) is 1. The average molecular weight is 281 g/mol. The Labute approximate surface area is 122 Å². The largest absolute Gasteiger partial charge is 0.344 e. The predicted octanol–water partition coefficient (Wildman–Crippen LogP) is 4.84. The molecule has 2 aromatic carbocycles. The molecule has 0 spiro atoms. The van der Waals surface area contributed by atoms with Gasteiger partial charge in [-0.3, -0.25) is 4.79 Å². The highest BCUT2D eigenvalue weighted by atomic mass is 19.1. The Morgan fingerprint density at radius 1 is 1.05 bits per heavy atom. The van der Waals surface area contributed by atoms with Crippen molar-refractivity contribution in [3.05, 3.63) is 60.0 Å². The first-order chi connectivity index (χ1) is 10.1. The van der Waals surface area contributed by atoms with Crippen LogP contribution in [0.15, 0.2) is 48.7 Å². The molecule has 0 atom stereocenters. The first-order valence-corrected chi connectivity index (χ1v) is 6.97. The number of hydrogen-bond donors (Lipinski definition) is 0. The minimum absolute atomic E-state index is 0.233. The quantitative estimate of drug-likeness (QED) is 0.629. The van der Waals surface area contributed by atoms with Crippen molar-refractivity contribution in [2.24, 2.45) is 0 Å². The van der Waals surface area contributed by atoms with Crippen LogP contribution in [0.25, 0.3) is 22.0 Å². The summed E-state index contributed by atoms with van der Waals surface area (Å²) in [4.78, 5) is 11.4. The van der Waals surface area contributed by atoms with Gasteiger partial charge in [-0.25, -0.2) is 4.39 Å². The van der Waals surface area contributed by atoms with Gasteiger partial charge in [-0.15, -0.1) is 0 Å². The van der Waals surface area contributed by atoms with Crippen molar-refractivity contribution in [3.63, 3.8) is 0 Å². The summed E-state index contributed by atoms with van der Waals surface area (Å²) in [5.74, 6) is -0.279. The fourth-order valence-electron chi connectivity index (χ4n) is 2.76. The van der Waals surface area contributed by atoms with Crippen molar-refractivity contribution in [3.8, 4) is 11.1 Å².